The van der Waals surface area contributed by atoms with Gasteiger partial charge >= 0.3 is 11.9 Å². The van der Waals surface area contributed by atoms with Crippen LogP contribution in [0, 0.1) is 11.8 Å². The summed E-state index contributed by atoms with van der Waals surface area (Å²) in [7, 11) is 4.50. The molecule has 1 aliphatic carbocycles. The zero-order chi connectivity index (χ0) is 14.2. The van der Waals surface area contributed by atoms with Crippen molar-refractivity contribution in [3.05, 3.63) is 0 Å². The molecule has 2 fully saturated rings. The molecule has 0 radical (unpaired) electrons. The first kappa shape index (κ1) is 14.2. The normalized spacial score (nSPS) is 41.7. The third-order valence-electron chi connectivity index (χ3n) is 4.01. The molecule has 7 nitrogen and oxygen atoms in total. The molecule has 6 unspecified atom stereocenters. The molecule has 0 aromatic carbocycles. The van der Waals surface area contributed by atoms with Gasteiger partial charge in [-0.2, -0.15) is 0 Å². The molecule has 2 aliphatic rings. The molecule has 1 heterocycles. The molecule has 2 rings (SSSR count). The van der Waals surface area contributed by atoms with Gasteiger partial charge in [0.25, 0.3) is 0 Å². The van der Waals surface area contributed by atoms with Crippen molar-refractivity contribution in [2.45, 2.75) is 30.8 Å². The van der Waals surface area contributed by atoms with Crippen molar-refractivity contribution in [2.24, 2.45) is 11.8 Å². The van der Waals surface area contributed by atoms with Crippen LogP contribution in [-0.2, 0) is 28.5 Å². The average Bonchev–Trinajstić information content (AvgIpc) is 2.73. The van der Waals surface area contributed by atoms with E-state index in [-0.39, 0.29) is 6.10 Å². The number of carboxylic acid groups (broad SMARTS) is 1. The molecule has 19 heavy (non-hydrogen) atoms. The number of fused-ring (bicyclic) bond motifs is 1. The number of aliphatic carboxylic acids is 1. The Bertz CT molecular complexity index is 369. The maximum Gasteiger partial charge on any atom is 0.345 e. The third kappa shape index (κ3) is 2.22. The molecule has 0 aromatic heterocycles. The van der Waals surface area contributed by atoms with Gasteiger partial charge in [0.2, 0.25) is 6.10 Å². The van der Waals surface area contributed by atoms with Crippen LogP contribution in [0.3, 0.4) is 0 Å². The van der Waals surface area contributed by atoms with E-state index in [1.165, 1.54) is 21.3 Å². The van der Waals surface area contributed by atoms with Gasteiger partial charge in [0.05, 0.1) is 18.1 Å². The lowest BCUT2D eigenvalue weighted by molar-refractivity contribution is -0.173. The van der Waals surface area contributed by atoms with Crippen molar-refractivity contribution in [2.75, 3.05) is 21.3 Å². The molecule has 7 heteroatoms. The van der Waals surface area contributed by atoms with Crippen LogP contribution in [-0.4, -0.2) is 62.8 Å². The Labute approximate surface area is 110 Å². The van der Waals surface area contributed by atoms with Crippen molar-refractivity contribution in [3.63, 3.8) is 0 Å². The van der Waals surface area contributed by atoms with Gasteiger partial charge in [-0.3, -0.25) is 4.79 Å². The minimum Gasteiger partial charge on any atom is -0.478 e. The van der Waals surface area contributed by atoms with Crippen molar-refractivity contribution in [3.8, 4) is 0 Å². The van der Waals surface area contributed by atoms with Crippen LogP contribution in [0.5, 0.6) is 0 Å². The number of cyclic esters (lactones) is 1. The maximum absolute atomic E-state index is 11.8. The van der Waals surface area contributed by atoms with Crippen LogP contribution in [0.2, 0.25) is 0 Å². The van der Waals surface area contributed by atoms with E-state index in [2.05, 4.69) is 0 Å². The van der Waals surface area contributed by atoms with Crippen molar-refractivity contribution in [1.82, 2.24) is 0 Å². The summed E-state index contributed by atoms with van der Waals surface area (Å²) in [6.45, 7) is 0. The maximum atomic E-state index is 11.8. The SMILES string of the molecule is COC1CC2C(=O)OC(C(=O)O)C2C(OC)C1OC. The molecule has 108 valence electrons. The molecule has 0 spiro atoms. The molecule has 1 saturated carbocycles. The van der Waals surface area contributed by atoms with Gasteiger partial charge in [0.15, 0.2) is 0 Å². The number of carbonyl (C=O) groups excluding carboxylic acids is 1. The van der Waals surface area contributed by atoms with Gasteiger partial charge in [-0.25, -0.2) is 4.79 Å². The number of carboxylic acids is 1. The predicted molar refractivity (Wildman–Crippen MR) is 61.5 cm³/mol. The lowest BCUT2D eigenvalue weighted by atomic mass is 9.73. The topological polar surface area (TPSA) is 91.3 Å². The summed E-state index contributed by atoms with van der Waals surface area (Å²) in [4.78, 5) is 23.0. The van der Waals surface area contributed by atoms with Gasteiger partial charge in [-0.05, 0) is 6.42 Å². The Morgan fingerprint density at radius 2 is 1.84 bits per heavy atom. The van der Waals surface area contributed by atoms with Gasteiger partial charge in [-0.15, -0.1) is 0 Å². The first-order valence-corrected chi connectivity index (χ1v) is 6.06. The summed E-state index contributed by atoms with van der Waals surface area (Å²) in [6, 6.07) is 0. The monoisotopic (exact) mass is 274 g/mol. The smallest absolute Gasteiger partial charge is 0.345 e. The highest BCUT2D eigenvalue weighted by atomic mass is 16.6. The Kier molecular flexibility index (Phi) is 4.07. The summed E-state index contributed by atoms with van der Waals surface area (Å²) in [5, 5.41) is 9.16. The number of rotatable bonds is 4. The van der Waals surface area contributed by atoms with E-state index in [9.17, 15) is 9.59 Å². The van der Waals surface area contributed by atoms with Gasteiger partial charge in [-0.1, -0.05) is 0 Å². The quantitative estimate of drug-likeness (QED) is 0.702. The summed E-state index contributed by atoms with van der Waals surface area (Å²) in [5.74, 6) is -2.74. The first-order valence-electron chi connectivity index (χ1n) is 6.06. The van der Waals surface area contributed by atoms with E-state index in [0.29, 0.717) is 6.42 Å². The Morgan fingerprint density at radius 1 is 1.21 bits per heavy atom. The third-order valence-corrected chi connectivity index (χ3v) is 4.01. The Hall–Kier alpha value is -1.18. The van der Waals surface area contributed by atoms with Crippen molar-refractivity contribution < 1.29 is 33.6 Å². The number of carbonyl (C=O) groups is 2. The minimum atomic E-state index is -1.18. The van der Waals surface area contributed by atoms with Gasteiger partial charge < -0.3 is 24.1 Å². The second-order valence-electron chi connectivity index (χ2n) is 4.79. The highest BCUT2D eigenvalue weighted by molar-refractivity contribution is 5.84. The second kappa shape index (κ2) is 5.44. The molecule has 0 amide bonds. The van der Waals surface area contributed by atoms with E-state index in [0.717, 1.165) is 0 Å². The van der Waals surface area contributed by atoms with Crippen molar-refractivity contribution in [1.29, 1.82) is 0 Å². The van der Waals surface area contributed by atoms with Crippen LogP contribution in [0.25, 0.3) is 0 Å². The highest BCUT2D eigenvalue weighted by Crippen LogP contribution is 2.43. The van der Waals surface area contributed by atoms with Gasteiger partial charge in [0, 0.05) is 27.2 Å². The molecule has 0 aromatic rings. The summed E-state index contributed by atoms with van der Waals surface area (Å²) >= 11 is 0. The van der Waals surface area contributed by atoms with Crippen LogP contribution in [0.15, 0.2) is 0 Å². The molecule has 0 bridgehead atoms. The number of ether oxygens (including phenoxy) is 4. The summed E-state index contributed by atoms with van der Waals surface area (Å²) in [6.07, 6.45) is -2.11. The molecular formula is C12H18O7. The van der Waals surface area contributed by atoms with E-state index in [1.54, 1.807) is 0 Å². The van der Waals surface area contributed by atoms with E-state index >= 15 is 0 Å². The number of hydrogen-bond donors (Lipinski definition) is 1. The lowest BCUT2D eigenvalue weighted by Crippen LogP contribution is -2.55. The van der Waals surface area contributed by atoms with Crippen molar-refractivity contribution >= 4 is 11.9 Å². The Balaban J connectivity index is 2.33. The number of hydrogen-bond acceptors (Lipinski definition) is 6. The van der Waals surface area contributed by atoms with E-state index < -0.39 is 42.1 Å². The Morgan fingerprint density at radius 3 is 2.32 bits per heavy atom. The van der Waals surface area contributed by atoms with E-state index in [4.69, 9.17) is 24.1 Å². The molecule has 1 saturated heterocycles. The number of methoxy groups -OCH3 is 3. The fourth-order valence-corrected chi connectivity index (χ4v) is 3.15. The fourth-order valence-electron chi connectivity index (χ4n) is 3.15. The standard InChI is InChI=1S/C12H18O7/c1-16-6-4-5-7(9(18-3)8(6)17-2)10(11(13)14)19-12(5)15/h5-10H,4H2,1-3H3,(H,13,14). The van der Waals surface area contributed by atoms with Gasteiger partial charge in [0.1, 0.15) is 6.10 Å². The average molecular weight is 274 g/mol. The highest BCUT2D eigenvalue weighted by Gasteiger charge is 2.59. The van der Waals surface area contributed by atoms with Crippen LogP contribution in [0.1, 0.15) is 6.42 Å². The van der Waals surface area contributed by atoms with Crippen LogP contribution >= 0.6 is 0 Å². The second-order valence-corrected chi connectivity index (χ2v) is 4.79. The summed E-state index contributed by atoms with van der Waals surface area (Å²) in [5.41, 5.74) is 0. The lowest BCUT2D eigenvalue weighted by Gasteiger charge is -2.41. The summed E-state index contributed by atoms with van der Waals surface area (Å²) < 4.78 is 21.0. The van der Waals surface area contributed by atoms with Crippen LogP contribution < -0.4 is 0 Å². The first-order chi connectivity index (χ1) is 9.04. The fraction of sp³-hybridized carbons (Fsp3) is 0.833. The molecule has 1 aliphatic heterocycles. The predicted octanol–water partition coefficient (Wildman–Crippen LogP) is -0.322. The molecule has 6 atom stereocenters. The zero-order valence-electron chi connectivity index (χ0n) is 11.1. The minimum absolute atomic E-state index is 0.323. The zero-order valence-corrected chi connectivity index (χ0v) is 11.1. The molecule has 1 N–H and O–H groups in total. The largest absolute Gasteiger partial charge is 0.478 e. The van der Waals surface area contributed by atoms with E-state index in [1.807, 2.05) is 0 Å². The van der Waals surface area contributed by atoms with Crippen LogP contribution in [0.4, 0.5) is 0 Å². The molecular weight excluding hydrogens is 256 g/mol. The number of esters is 1.